The number of benzene rings is 2. The highest BCUT2D eigenvalue weighted by atomic mass is 32.2. The first-order valence-corrected chi connectivity index (χ1v) is 10.9. The Kier molecular flexibility index (Phi) is 6.98. The molecule has 2 aromatic carbocycles. The lowest BCUT2D eigenvalue weighted by molar-refractivity contribution is 0.0937. The number of halogens is 1. The van der Waals surface area contributed by atoms with Crippen LogP contribution in [0.3, 0.4) is 0 Å². The van der Waals surface area contributed by atoms with Gasteiger partial charge in [0.1, 0.15) is 5.82 Å². The van der Waals surface area contributed by atoms with Gasteiger partial charge >= 0.3 is 0 Å². The maximum Gasteiger partial charge on any atom is 0.251 e. The van der Waals surface area contributed by atoms with Gasteiger partial charge in [-0.2, -0.15) is 0 Å². The van der Waals surface area contributed by atoms with E-state index in [0.29, 0.717) is 41.2 Å². The zero-order chi connectivity index (χ0) is 22.3. The van der Waals surface area contributed by atoms with Crippen molar-refractivity contribution in [3.8, 4) is 17.3 Å². The number of nitrogens with zero attached hydrogens (tertiary/aromatic N) is 3. The van der Waals surface area contributed by atoms with E-state index in [1.54, 1.807) is 43.7 Å². The molecule has 164 valence electrons. The minimum absolute atomic E-state index is 0.150. The van der Waals surface area contributed by atoms with Crippen LogP contribution in [0.1, 0.15) is 15.9 Å². The van der Waals surface area contributed by atoms with E-state index in [2.05, 4.69) is 15.5 Å². The van der Waals surface area contributed by atoms with E-state index < -0.39 is 0 Å². The molecule has 0 saturated carbocycles. The summed E-state index contributed by atoms with van der Waals surface area (Å²) in [6.45, 7) is 0.906. The molecule has 9 heteroatoms. The van der Waals surface area contributed by atoms with E-state index >= 15 is 0 Å². The molecule has 0 atom stereocenters. The van der Waals surface area contributed by atoms with Crippen molar-refractivity contribution in [3.05, 3.63) is 83.9 Å². The lowest BCUT2D eigenvalue weighted by Gasteiger charge is -2.10. The molecule has 0 aliphatic carbocycles. The van der Waals surface area contributed by atoms with E-state index in [4.69, 9.17) is 9.15 Å². The van der Waals surface area contributed by atoms with Crippen LogP contribution in [0.15, 0.2) is 76.5 Å². The van der Waals surface area contributed by atoms with Crippen LogP contribution in [0, 0.1) is 5.82 Å². The first kappa shape index (κ1) is 21.8. The monoisotopic (exact) mass is 452 g/mol. The molecule has 2 heterocycles. The van der Waals surface area contributed by atoms with Crippen LogP contribution in [0.2, 0.25) is 0 Å². The van der Waals surface area contributed by atoms with Crippen LogP contribution in [0.5, 0.6) is 0 Å². The topological polar surface area (TPSA) is 82.2 Å². The molecule has 0 saturated heterocycles. The lowest BCUT2D eigenvalue weighted by atomic mass is 10.1. The van der Waals surface area contributed by atoms with Gasteiger partial charge in [0, 0.05) is 25.0 Å². The third kappa shape index (κ3) is 5.06. The largest absolute Gasteiger partial charge is 0.461 e. The Morgan fingerprint density at radius 2 is 2.00 bits per heavy atom. The predicted molar refractivity (Wildman–Crippen MR) is 119 cm³/mol. The molecule has 4 aromatic rings. The van der Waals surface area contributed by atoms with Gasteiger partial charge in [-0.25, -0.2) is 4.39 Å². The Hall–Kier alpha value is -3.43. The van der Waals surface area contributed by atoms with Crippen molar-refractivity contribution < 1.29 is 18.3 Å². The predicted octanol–water partition coefficient (Wildman–Crippen LogP) is 4.33. The summed E-state index contributed by atoms with van der Waals surface area (Å²) >= 11 is 1.46. The van der Waals surface area contributed by atoms with Gasteiger partial charge in [0.05, 0.1) is 18.6 Å². The summed E-state index contributed by atoms with van der Waals surface area (Å²) in [6, 6.07) is 17.1. The number of furan rings is 1. The minimum Gasteiger partial charge on any atom is -0.461 e. The first-order chi connectivity index (χ1) is 15.7. The molecule has 0 radical (unpaired) electrons. The number of carbonyl (C=O) groups is 1. The fraction of sp³-hybridized carbons (Fsp3) is 0.174. The third-order valence-electron chi connectivity index (χ3n) is 4.61. The SMILES string of the molecule is COCCNC(=O)c1cccc(CSc2nnc(-c3ccco3)n2-c2ccc(F)cc2)c1. The fourth-order valence-electron chi connectivity index (χ4n) is 3.07. The van der Waals surface area contributed by atoms with Gasteiger partial charge in [0.25, 0.3) is 5.91 Å². The molecule has 0 aliphatic heterocycles. The van der Waals surface area contributed by atoms with E-state index in [0.717, 1.165) is 11.3 Å². The van der Waals surface area contributed by atoms with Crippen molar-refractivity contribution in [1.29, 1.82) is 0 Å². The summed E-state index contributed by atoms with van der Waals surface area (Å²) in [4.78, 5) is 12.3. The molecule has 4 rings (SSSR count). The lowest BCUT2D eigenvalue weighted by Crippen LogP contribution is -2.26. The molecule has 2 aromatic heterocycles. The smallest absolute Gasteiger partial charge is 0.251 e. The van der Waals surface area contributed by atoms with Crippen LogP contribution < -0.4 is 5.32 Å². The number of aromatic nitrogens is 3. The number of thioether (sulfide) groups is 1. The van der Waals surface area contributed by atoms with Gasteiger partial charge < -0.3 is 14.5 Å². The number of hydrogen-bond acceptors (Lipinski definition) is 6. The third-order valence-corrected chi connectivity index (χ3v) is 5.61. The Morgan fingerprint density at radius 3 is 2.75 bits per heavy atom. The molecular weight excluding hydrogens is 431 g/mol. The average Bonchev–Trinajstić information content (AvgIpc) is 3.48. The maximum atomic E-state index is 13.5. The number of ether oxygens (including phenoxy) is 1. The number of carbonyl (C=O) groups excluding carboxylic acids is 1. The maximum absolute atomic E-state index is 13.5. The van der Waals surface area contributed by atoms with Crippen LogP contribution in [0.4, 0.5) is 4.39 Å². The Balaban J connectivity index is 1.56. The van der Waals surface area contributed by atoms with Crippen molar-refractivity contribution in [3.63, 3.8) is 0 Å². The molecule has 0 spiro atoms. The van der Waals surface area contributed by atoms with E-state index in [-0.39, 0.29) is 11.7 Å². The van der Waals surface area contributed by atoms with Gasteiger partial charge in [-0.1, -0.05) is 23.9 Å². The van der Waals surface area contributed by atoms with Crippen LogP contribution in [0.25, 0.3) is 17.3 Å². The van der Waals surface area contributed by atoms with Crippen molar-refractivity contribution in [2.24, 2.45) is 0 Å². The summed E-state index contributed by atoms with van der Waals surface area (Å²) in [5.74, 6) is 1.18. The summed E-state index contributed by atoms with van der Waals surface area (Å²) in [5, 5.41) is 12.0. The highest BCUT2D eigenvalue weighted by Crippen LogP contribution is 2.30. The van der Waals surface area contributed by atoms with Gasteiger partial charge in [0.15, 0.2) is 10.9 Å². The second-order valence-electron chi connectivity index (χ2n) is 6.83. The van der Waals surface area contributed by atoms with Gasteiger partial charge in [-0.15, -0.1) is 10.2 Å². The highest BCUT2D eigenvalue weighted by molar-refractivity contribution is 7.98. The molecule has 0 fully saturated rings. The van der Waals surface area contributed by atoms with E-state index in [9.17, 15) is 9.18 Å². The molecule has 1 amide bonds. The van der Waals surface area contributed by atoms with Gasteiger partial charge in [-0.05, 0) is 54.1 Å². The summed E-state index contributed by atoms with van der Waals surface area (Å²) in [6.07, 6.45) is 1.56. The Morgan fingerprint density at radius 1 is 1.16 bits per heavy atom. The highest BCUT2D eigenvalue weighted by Gasteiger charge is 2.18. The van der Waals surface area contributed by atoms with Crippen molar-refractivity contribution in [1.82, 2.24) is 20.1 Å². The summed E-state index contributed by atoms with van der Waals surface area (Å²) in [5.41, 5.74) is 2.26. The number of rotatable bonds is 9. The van der Waals surface area contributed by atoms with E-state index in [1.807, 2.05) is 22.8 Å². The molecule has 0 unspecified atom stereocenters. The first-order valence-electron chi connectivity index (χ1n) is 9.90. The number of amides is 1. The summed E-state index contributed by atoms with van der Waals surface area (Å²) < 4.78 is 25.8. The molecule has 0 aliphatic rings. The fourth-order valence-corrected chi connectivity index (χ4v) is 3.97. The van der Waals surface area contributed by atoms with Crippen molar-refractivity contribution >= 4 is 17.7 Å². The van der Waals surface area contributed by atoms with Crippen LogP contribution >= 0.6 is 11.8 Å². The summed E-state index contributed by atoms with van der Waals surface area (Å²) in [7, 11) is 1.59. The number of nitrogens with one attached hydrogen (secondary N) is 1. The van der Waals surface area contributed by atoms with E-state index in [1.165, 1.54) is 23.9 Å². The number of hydrogen-bond donors (Lipinski definition) is 1. The second kappa shape index (κ2) is 10.3. The van der Waals surface area contributed by atoms with Crippen LogP contribution in [-0.4, -0.2) is 40.9 Å². The average molecular weight is 453 g/mol. The Bertz CT molecular complexity index is 1180. The normalized spacial score (nSPS) is 10.9. The van der Waals surface area contributed by atoms with Crippen molar-refractivity contribution in [2.75, 3.05) is 20.3 Å². The molecule has 0 bridgehead atoms. The standard InChI is InChI=1S/C23H21FN4O3S/c1-30-13-11-25-22(29)17-5-2-4-16(14-17)15-32-23-27-26-21(20-6-3-12-31-20)28(23)19-9-7-18(24)8-10-19/h2-10,12,14H,11,13,15H2,1H3,(H,25,29). The zero-order valence-corrected chi connectivity index (χ0v) is 18.1. The van der Waals surface area contributed by atoms with Gasteiger partial charge in [0.2, 0.25) is 5.82 Å². The minimum atomic E-state index is -0.323. The number of methoxy groups -OCH3 is 1. The zero-order valence-electron chi connectivity index (χ0n) is 17.3. The second-order valence-corrected chi connectivity index (χ2v) is 7.78. The van der Waals surface area contributed by atoms with Crippen molar-refractivity contribution in [2.45, 2.75) is 10.9 Å². The molecule has 32 heavy (non-hydrogen) atoms. The molecule has 1 N–H and O–H groups in total. The Labute approximate surface area is 188 Å². The quantitative estimate of drug-likeness (QED) is 0.301. The molecular formula is C23H21FN4O3S. The van der Waals surface area contributed by atoms with Gasteiger partial charge in [-0.3, -0.25) is 9.36 Å². The molecule has 7 nitrogen and oxygen atoms in total. The van der Waals surface area contributed by atoms with Crippen LogP contribution in [-0.2, 0) is 10.5 Å².